The Morgan fingerprint density at radius 1 is 1.73 bits per heavy atom. The highest BCUT2D eigenvalue weighted by atomic mass is 32.2. The molecule has 5 heteroatoms. The molecule has 0 bridgehead atoms. The van der Waals surface area contributed by atoms with E-state index in [-0.39, 0.29) is 0 Å². The molecule has 1 heterocycles. The van der Waals surface area contributed by atoms with Gasteiger partial charge in [0.05, 0.1) is 6.07 Å². The molecule has 0 saturated carbocycles. The summed E-state index contributed by atoms with van der Waals surface area (Å²) in [4.78, 5) is 1.09. The summed E-state index contributed by atoms with van der Waals surface area (Å²) in [6.45, 7) is 0. The van der Waals surface area contributed by atoms with Crippen LogP contribution in [0, 0.1) is 11.3 Å². The SMILES string of the molecule is CSC1=CNSC1(C#N)SC. The zero-order valence-electron chi connectivity index (χ0n) is 6.25. The first-order valence-corrected chi connectivity index (χ1v) is 6.20. The molecule has 2 nitrogen and oxygen atoms in total. The van der Waals surface area contributed by atoms with E-state index in [1.807, 2.05) is 18.7 Å². The number of nitrogens with one attached hydrogen (secondary N) is 1. The molecule has 60 valence electrons. The summed E-state index contributed by atoms with van der Waals surface area (Å²) in [6.07, 6.45) is 5.84. The molecule has 0 aromatic rings. The van der Waals surface area contributed by atoms with Crippen molar-refractivity contribution < 1.29 is 0 Å². The fourth-order valence-corrected chi connectivity index (χ4v) is 3.59. The van der Waals surface area contributed by atoms with E-state index in [0.29, 0.717) is 0 Å². The monoisotopic (exact) mass is 204 g/mol. The average Bonchev–Trinajstić information content (AvgIpc) is 2.47. The van der Waals surface area contributed by atoms with E-state index in [1.54, 1.807) is 23.5 Å². The topological polar surface area (TPSA) is 35.8 Å². The Kier molecular flexibility index (Phi) is 3.05. The van der Waals surface area contributed by atoms with Gasteiger partial charge in [0, 0.05) is 11.1 Å². The van der Waals surface area contributed by atoms with Crippen LogP contribution >= 0.6 is 35.5 Å². The van der Waals surface area contributed by atoms with E-state index >= 15 is 0 Å². The van der Waals surface area contributed by atoms with Crippen molar-refractivity contribution in [3.8, 4) is 6.07 Å². The molecule has 1 unspecified atom stereocenters. The molecule has 1 aliphatic rings. The molecule has 0 aromatic carbocycles. The lowest BCUT2D eigenvalue weighted by Gasteiger charge is -2.17. The molecule has 11 heavy (non-hydrogen) atoms. The van der Waals surface area contributed by atoms with Crippen LogP contribution in [0.15, 0.2) is 11.1 Å². The van der Waals surface area contributed by atoms with Crippen LogP contribution in [0.2, 0.25) is 0 Å². The molecular weight excluding hydrogens is 196 g/mol. The van der Waals surface area contributed by atoms with E-state index < -0.39 is 4.08 Å². The molecule has 1 atom stereocenters. The van der Waals surface area contributed by atoms with Gasteiger partial charge in [0.2, 0.25) is 0 Å². The number of hydrogen-bond donors (Lipinski definition) is 1. The summed E-state index contributed by atoms with van der Waals surface area (Å²) in [7, 11) is 0. The quantitative estimate of drug-likeness (QED) is 0.696. The van der Waals surface area contributed by atoms with E-state index in [1.165, 1.54) is 11.9 Å². The highest BCUT2D eigenvalue weighted by Gasteiger charge is 2.38. The third-order valence-corrected chi connectivity index (χ3v) is 4.96. The second-order valence-corrected chi connectivity index (χ2v) is 5.04. The maximum absolute atomic E-state index is 8.93. The smallest absolute Gasteiger partial charge is 0.199 e. The van der Waals surface area contributed by atoms with Gasteiger partial charge in [0.25, 0.3) is 0 Å². The molecule has 0 saturated heterocycles. The summed E-state index contributed by atoms with van der Waals surface area (Å²) in [5.41, 5.74) is 0. The van der Waals surface area contributed by atoms with Gasteiger partial charge in [0.15, 0.2) is 4.08 Å². The summed E-state index contributed by atoms with van der Waals surface area (Å²) in [6, 6.07) is 2.30. The Balaban J connectivity index is 2.87. The van der Waals surface area contributed by atoms with Crippen molar-refractivity contribution in [2.24, 2.45) is 0 Å². The largest absolute Gasteiger partial charge is 0.333 e. The summed E-state index contributed by atoms with van der Waals surface area (Å²) in [5.74, 6) is 0. The molecule has 0 aliphatic carbocycles. The summed E-state index contributed by atoms with van der Waals surface area (Å²) in [5, 5.41) is 8.93. The third kappa shape index (κ3) is 1.48. The first-order valence-electron chi connectivity index (χ1n) is 2.93. The van der Waals surface area contributed by atoms with E-state index in [9.17, 15) is 0 Å². The number of hydrogen-bond acceptors (Lipinski definition) is 5. The lowest BCUT2D eigenvalue weighted by molar-refractivity contribution is 1.29. The van der Waals surface area contributed by atoms with Crippen molar-refractivity contribution in [2.75, 3.05) is 12.5 Å². The van der Waals surface area contributed by atoms with Crippen molar-refractivity contribution in [3.63, 3.8) is 0 Å². The minimum atomic E-state index is -0.403. The van der Waals surface area contributed by atoms with Crippen molar-refractivity contribution in [3.05, 3.63) is 11.1 Å². The van der Waals surface area contributed by atoms with Gasteiger partial charge in [-0.2, -0.15) is 5.26 Å². The van der Waals surface area contributed by atoms with E-state index in [2.05, 4.69) is 10.8 Å². The lowest BCUT2D eigenvalue weighted by Crippen LogP contribution is -2.15. The highest BCUT2D eigenvalue weighted by molar-refractivity contribution is 8.20. The molecule has 0 spiro atoms. The first kappa shape index (κ1) is 9.17. The highest BCUT2D eigenvalue weighted by Crippen LogP contribution is 2.47. The second kappa shape index (κ2) is 3.65. The molecule has 0 fully saturated rings. The van der Waals surface area contributed by atoms with Gasteiger partial charge >= 0.3 is 0 Å². The van der Waals surface area contributed by atoms with E-state index in [4.69, 9.17) is 5.26 Å². The maximum Gasteiger partial charge on any atom is 0.199 e. The van der Waals surface area contributed by atoms with Crippen molar-refractivity contribution in [2.45, 2.75) is 4.08 Å². The van der Waals surface area contributed by atoms with Crippen molar-refractivity contribution >= 4 is 35.5 Å². The van der Waals surface area contributed by atoms with E-state index in [0.717, 1.165) is 4.91 Å². The van der Waals surface area contributed by atoms with Crippen LogP contribution in [0.5, 0.6) is 0 Å². The molecule has 0 radical (unpaired) electrons. The van der Waals surface area contributed by atoms with Crippen LogP contribution in [0.25, 0.3) is 0 Å². The van der Waals surface area contributed by atoms with Gasteiger partial charge in [0.1, 0.15) is 0 Å². The van der Waals surface area contributed by atoms with Gasteiger partial charge < -0.3 is 4.72 Å². The average molecular weight is 204 g/mol. The molecule has 0 aromatic heterocycles. The number of nitriles is 1. The predicted molar refractivity (Wildman–Crippen MR) is 54.2 cm³/mol. The molecule has 0 amide bonds. The molecular formula is C6H8N2S3. The Hall–Kier alpha value is 0.0800. The minimum absolute atomic E-state index is 0.403. The number of nitrogens with zero attached hydrogens (tertiary/aromatic N) is 1. The standard InChI is InChI=1S/C6H8N2S3/c1-9-5-3-8-11-6(5,4-7)10-2/h3,8H,1-2H3. The Bertz CT molecular complexity index is 220. The number of rotatable bonds is 2. The fraction of sp³-hybridized carbons (Fsp3) is 0.500. The van der Waals surface area contributed by atoms with Crippen LogP contribution in [0.4, 0.5) is 0 Å². The van der Waals surface area contributed by atoms with Gasteiger partial charge in [-0.15, -0.1) is 23.5 Å². The zero-order chi connectivity index (χ0) is 8.32. The van der Waals surface area contributed by atoms with Crippen molar-refractivity contribution in [1.82, 2.24) is 4.72 Å². The zero-order valence-corrected chi connectivity index (χ0v) is 8.70. The minimum Gasteiger partial charge on any atom is -0.333 e. The van der Waals surface area contributed by atoms with Crippen molar-refractivity contribution in [1.29, 1.82) is 5.26 Å². The van der Waals surface area contributed by atoms with Gasteiger partial charge in [-0.3, -0.25) is 0 Å². The Labute approximate surface area is 79.3 Å². The molecule has 1 N–H and O–H groups in total. The maximum atomic E-state index is 8.93. The Morgan fingerprint density at radius 2 is 2.45 bits per heavy atom. The molecule has 1 rings (SSSR count). The Morgan fingerprint density at radius 3 is 2.82 bits per heavy atom. The van der Waals surface area contributed by atoms with Crippen LogP contribution in [-0.4, -0.2) is 16.6 Å². The van der Waals surface area contributed by atoms with Crippen LogP contribution in [-0.2, 0) is 0 Å². The summed E-state index contributed by atoms with van der Waals surface area (Å²) < 4.78 is 2.60. The second-order valence-electron chi connectivity index (χ2n) is 1.87. The first-order chi connectivity index (χ1) is 5.29. The fourth-order valence-electron chi connectivity index (χ4n) is 0.770. The van der Waals surface area contributed by atoms with Crippen LogP contribution in [0.3, 0.4) is 0 Å². The van der Waals surface area contributed by atoms with Gasteiger partial charge in [-0.05, 0) is 24.5 Å². The molecule has 1 aliphatic heterocycles. The number of thioether (sulfide) groups is 2. The van der Waals surface area contributed by atoms with Gasteiger partial charge in [-0.1, -0.05) is 0 Å². The normalized spacial score (nSPS) is 29.0. The predicted octanol–water partition coefficient (Wildman–Crippen LogP) is 2.03. The van der Waals surface area contributed by atoms with Crippen LogP contribution in [0.1, 0.15) is 0 Å². The summed E-state index contributed by atoms with van der Waals surface area (Å²) >= 11 is 4.65. The van der Waals surface area contributed by atoms with Gasteiger partial charge in [-0.25, -0.2) is 0 Å². The lowest BCUT2D eigenvalue weighted by atomic mass is 10.4. The third-order valence-electron chi connectivity index (χ3n) is 1.37. The van der Waals surface area contributed by atoms with Crippen LogP contribution < -0.4 is 4.72 Å².